The van der Waals surface area contributed by atoms with Crippen LogP contribution in [0.1, 0.15) is 51.5 Å². The predicted octanol–water partition coefficient (Wildman–Crippen LogP) is 4.09. The van der Waals surface area contributed by atoms with Gasteiger partial charge in [-0.05, 0) is 42.9 Å². The summed E-state index contributed by atoms with van der Waals surface area (Å²) in [6.45, 7) is 6.80. The fourth-order valence-electron chi connectivity index (χ4n) is 3.28. The van der Waals surface area contributed by atoms with Crippen LogP contribution >= 0.6 is 0 Å². The Hall–Kier alpha value is -1.82. The van der Waals surface area contributed by atoms with Crippen LogP contribution in [-0.2, 0) is 4.79 Å². The number of rotatable bonds is 5. The third kappa shape index (κ3) is 3.26. The first kappa shape index (κ1) is 15.6. The molecule has 1 aromatic rings. The molecule has 0 saturated heterocycles. The van der Waals surface area contributed by atoms with Gasteiger partial charge in [0.1, 0.15) is 11.7 Å². The Kier molecular flexibility index (Phi) is 4.67. The van der Waals surface area contributed by atoms with Crippen molar-refractivity contribution in [3.05, 3.63) is 29.8 Å². The van der Waals surface area contributed by atoms with Gasteiger partial charge in [-0.1, -0.05) is 32.4 Å². The van der Waals surface area contributed by atoms with E-state index in [9.17, 15) is 10.1 Å². The van der Waals surface area contributed by atoms with E-state index < -0.39 is 5.92 Å². The molecule has 2 rings (SSSR count). The minimum atomic E-state index is -0.664. The Labute approximate surface area is 126 Å². The topological polar surface area (TPSA) is 50.1 Å². The molecule has 0 radical (unpaired) electrons. The summed E-state index contributed by atoms with van der Waals surface area (Å²) in [5.41, 5.74) is 0.783. The van der Waals surface area contributed by atoms with Gasteiger partial charge < -0.3 is 4.74 Å². The summed E-state index contributed by atoms with van der Waals surface area (Å²) >= 11 is 0. The second-order valence-electron chi connectivity index (χ2n) is 6.40. The van der Waals surface area contributed by atoms with Gasteiger partial charge >= 0.3 is 0 Å². The molecule has 1 aliphatic carbocycles. The number of hydrogen-bond donors (Lipinski definition) is 0. The standard InChI is InChI=1S/C18H23NO2/c1-4-21-14-9-7-13(8-10-14)15(12-19)17(20)16-6-5-11-18(16,2)3/h7-10,15-16H,4-6,11H2,1-3H3. The summed E-state index contributed by atoms with van der Waals surface area (Å²) in [4.78, 5) is 12.7. The highest BCUT2D eigenvalue weighted by atomic mass is 16.5. The number of ketones is 1. The van der Waals surface area contributed by atoms with E-state index in [1.54, 1.807) is 0 Å². The van der Waals surface area contributed by atoms with Gasteiger partial charge in [0.05, 0.1) is 12.7 Å². The average Bonchev–Trinajstić information content (AvgIpc) is 2.81. The molecule has 3 heteroatoms. The lowest BCUT2D eigenvalue weighted by molar-refractivity contribution is -0.125. The van der Waals surface area contributed by atoms with Gasteiger partial charge in [-0.3, -0.25) is 4.79 Å². The molecular weight excluding hydrogens is 262 g/mol. The minimum Gasteiger partial charge on any atom is -0.494 e. The van der Waals surface area contributed by atoms with Crippen molar-refractivity contribution < 1.29 is 9.53 Å². The van der Waals surface area contributed by atoms with Gasteiger partial charge in [0.25, 0.3) is 0 Å². The fraction of sp³-hybridized carbons (Fsp3) is 0.556. The lowest BCUT2D eigenvalue weighted by atomic mass is 9.75. The number of nitrogens with zero attached hydrogens (tertiary/aromatic N) is 1. The predicted molar refractivity (Wildman–Crippen MR) is 82.1 cm³/mol. The van der Waals surface area contributed by atoms with E-state index in [1.165, 1.54) is 0 Å². The van der Waals surface area contributed by atoms with Crippen molar-refractivity contribution in [2.24, 2.45) is 11.3 Å². The maximum Gasteiger partial charge on any atom is 0.158 e. The average molecular weight is 285 g/mol. The van der Waals surface area contributed by atoms with E-state index in [0.29, 0.717) is 6.61 Å². The van der Waals surface area contributed by atoms with Crippen molar-refractivity contribution in [3.63, 3.8) is 0 Å². The molecule has 112 valence electrons. The van der Waals surface area contributed by atoms with Gasteiger partial charge in [-0.25, -0.2) is 0 Å². The van der Waals surface area contributed by atoms with Crippen molar-refractivity contribution in [3.8, 4) is 11.8 Å². The molecule has 21 heavy (non-hydrogen) atoms. The van der Waals surface area contributed by atoms with Crippen LogP contribution in [-0.4, -0.2) is 12.4 Å². The Morgan fingerprint density at radius 1 is 1.43 bits per heavy atom. The monoisotopic (exact) mass is 285 g/mol. The summed E-state index contributed by atoms with van der Waals surface area (Å²) in [7, 11) is 0. The molecule has 0 aromatic heterocycles. The molecule has 0 N–H and O–H groups in total. The second-order valence-corrected chi connectivity index (χ2v) is 6.40. The van der Waals surface area contributed by atoms with E-state index in [0.717, 1.165) is 30.6 Å². The third-order valence-electron chi connectivity index (χ3n) is 4.54. The number of benzene rings is 1. The molecule has 0 heterocycles. The maximum absolute atomic E-state index is 12.7. The maximum atomic E-state index is 12.7. The van der Waals surface area contributed by atoms with Crippen LogP contribution < -0.4 is 4.74 Å². The molecule has 0 amide bonds. The van der Waals surface area contributed by atoms with Crippen LogP contribution in [0.2, 0.25) is 0 Å². The quantitative estimate of drug-likeness (QED) is 0.818. The van der Waals surface area contributed by atoms with E-state index in [2.05, 4.69) is 19.9 Å². The van der Waals surface area contributed by atoms with Crippen LogP contribution in [0.5, 0.6) is 5.75 Å². The number of Topliss-reactive ketones (excluding diaryl/α,β-unsaturated/α-hetero) is 1. The van der Waals surface area contributed by atoms with Crippen LogP contribution in [0.4, 0.5) is 0 Å². The Bertz CT molecular complexity index is 539. The number of carbonyl (C=O) groups is 1. The molecule has 0 aliphatic heterocycles. The first-order chi connectivity index (χ1) is 9.99. The van der Waals surface area contributed by atoms with E-state index in [-0.39, 0.29) is 17.1 Å². The highest BCUT2D eigenvalue weighted by Crippen LogP contribution is 2.45. The summed E-state index contributed by atoms with van der Waals surface area (Å²) in [6.07, 6.45) is 3.04. The molecular formula is C18H23NO2. The lowest BCUT2D eigenvalue weighted by Gasteiger charge is -2.27. The Morgan fingerprint density at radius 2 is 2.10 bits per heavy atom. The molecule has 1 fully saturated rings. The molecule has 2 unspecified atom stereocenters. The van der Waals surface area contributed by atoms with E-state index in [4.69, 9.17) is 4.74 Å². The highest BCUT2D eigenvalue weighted by molar-refractivity contribution is 5.91. The van der Waals surface area contributed by atoms with Crippen molar-refractivity contribution in [2.45, 2.75) is 46.0 Å². The van der Waals surface area contributed by atoms with Crippen molar-refractivity contribution in [2.75, 3.05) is 6.61 Å². The van der Waals surface area contributed by atoms with Crippen molar-refractivity contribution >= 4 is 5.78 Å². The Balaban J connectivity index is 2.19. The molecule has 1 aromatic carbocycles. The number of nitriles is 1. The van der Waals surface area contributed by atoms with Crippen LogP contribution in [0.3, 0.4) is 0 Å². The van der Waals surface area contributed by atoms with Crippen molar-refractivity contribution in [1.82, 2.24) is 0 Å². The minimum absolute atomic E-state index is 0.00582. The van der Waals surface area contributed by atoms with E-state index in [1.807, 2.05) is 31.2 Å². The molecule has 1 aliphatic rings. The Morgan fingerprint density at radius 3 is 2.57 bits per heavy atom. The zero-order chi connectivity index (χ0) is 15.5. The molecule has 0 bridgehead atoms. The van der Waals surface area contributed by atoms with E-state index >= 15 is 0 Å². The van der Waals surface area contributed by atoms with Gasteiger partial charge in [-0.15, -0.1) is 0 Å². The zero-order valence-electron chi connectivity index (χ0n) is 13.1. The molecule has 1 saturated carbocycles. The number of hydrogen-bond acceptors (Lipinski definition) is 3. The van der Waals surface area contributed by atoms with Crippen LogP contribution in [0.15, 0.2) is 24.3 Å². The zero-order valence-corrected chi connectivity index (χ0v) is 13.1. The number of carbonyl (C=O) groups excluding carboxylic acids is 1. The van der Waals surface area contributed by atoms with Crippen LogP contribution in [0, 0.1) is 22.7 Å². The molecule has 0 spiro atoms. The van der Waals surface area contributed by atoms with Gasteiger partial charge in [0.15, 0.2) is 5.78 Å². The van der Waals surface area contributed by atoms with Crippen LogP contribution in [0.25, 0.3) is 0 Å². The molecule has 2 atom stereocenters. The first-order valence-electron chi connectivity index (χ1n) is 7.65. The largest absolute Gasteiger partial charge is 0.494 e. The van der Waals surface area contributed by atoms with Gasteiger partial charge in [0, 0.05) is 5.92 Å². The number of ether oxygens (including phenoxy) is 1. The molecule has 3 nitrogen and oxygen atoms in total. The summed E-state index contributed by atoms with van der Waals surface area (Å²) in [5, 5.41) is 9.45. The first-order valence-corrected chi connectivity index (χ1v) is 7.65. The van der Waals surface area contributed by atoms with Gasteiger partial charge in [-0.2, -0.15) is 5.26 Å². The van der Waals surface area contributed by atoms with Gasteiger partial charge in [0.2, 0.25) is 0 Å². The fourth-order valence-corrected chi connectivity index (χ4v) is 3.28. The highest BCUT2D eigenvalue weighted by Gasteiger charge is 2.42. The summed E-state index contributed by atoms with van der Waals surface area (Å²) < 4.78 is 5.40. The normalized spacial score (nSPS) is 21.5. The van der Waals surface area contributed by atoms with Crippen molar-refractivity contribution in [1.29, 1.82) is 5.26 Å². The third-order valence-corrected chi connectivity index (χ3v) is 4.54. The summed E-state index contributed by atoms with van der Waals surface area (Å²) in [5.74, 6) is 0.174. The summed E-state index contributed by atoms with van der Waals surface area (Å²) in [6, 6.07) is 9.52. The lowest BCUT2D eigenvalue weighted by Crippen LogP contribution is -2.29. The second kappa shape index (κ2) is 6.30. The SMILES string of the molecule is CCOc1ccc(C(C#N)C(=O)C2CCCC2(C)C)cc1. The smallest absolute Gasteiger partial charge is 0.158 e.